The molecule has 5 nitrogen and oxygen atoms in total. The smallest absolute Gasteiger partial charge is 0.185 e. The van der Waals surface area contributed by atoms with Crippen LogP contribution in [-0.4, -0.2) is 55.4 Å². The summed E-state index contributed by atoms with van der Waals surface area (Å²) in [5.41, 5.74) is 1.25. The van der Waals surface area contributed by atoms with Crippen molar-refractivity contribution in [2.45, 2.75) is 25.7 Å². The molecule has 6 heteroatoms. The van der Waals surface area contributed by atoms with Gasteiger partial charge in [-0.15, -0.1) is 11.3 Å². The molecular weight excluding hydrogens is 334 g/mol. The van der Waals surface area contributed by atoms with Crippen LogP contribution in [0.5, 0.6) is 0 Å². The first-order valence-electron chi connectivity index (χ1n) is 9.02. The molecule has 1 atom stereocenters. The van der Waals surface area contributed by atoms with Crippen molar-refractivity contribution >= 4 is 16.5 Å². The van der Waals surface area contributed by atoms with Gasteiger partial charge in [-0.1, -0.05) is 30.3 Å². The molecule has 0 saturated carbocycles. The third-order valence-corrected chi connectivity index (χ3v) is 5.80. The lowest BCUT2D eigenvalue weighted by molar-refractivity contribution is 0.0462. The standard InChI is InChI=1S/C19H25N3O2S/c1-2-4-16(5-3-1)15-24-17-6-7-21(13-17)14-18-12-20-19(25-18)22-8-10-23-11-9-22/h1-5,12,17H,6-11,13-15H2. The SMILES string of the molecule is c1ccc(COC2CCN(Cc3cnc(N4CCOCC4)s3)C2)cc1. The summed E-state index contributed by atoms with van der Waals surface area (Å²) >= 11 is 1.81. The maximum Gasteiger partial charge on any atom is 0.185 e. The van der Waals surface area contributed by atoms with Crippen molar-refractivity contribution in [3.63, 3.8) is 0 Å². The van der Waals surface area contributed by atoms with Crippen LogP contribution in [0.4, 0.5) is 5.13 Å². The fourth-order valence-corrected chi connectivity index (χ4v) is 4.36. The van der Waals surface area contributed by atoms with Gasteiger partial charge in [0.25, 0.3) is 0 Å². The summed E-state index contributed by atoms with van der Waals surface area (Å²) in [5.74, 6) is 0. The van der Waals surface area contributed by atoms with Crippen molar-refractivity contribution in [3.8, 4) is 0 Å². The van der Waals surface area contributed by atoms with E-state index in [2.05, 4.69) is 39.0 Å². The molecule has 134 valence electrons. The van der Waals surface area contributed by atoms with E-state index in [4.69, 9.17) is 9.47 Å². The Kier molecular flexibility index (Phi) is 5.62. The summed E-state index contributed by atoms with van der Waals surface area (Å²) < 4.78 is 11.5. The average Bonchev–Trinajstić information content (AvgIpc) is 3.32. The molecule has 0 aliphatic carbocycles. The number of nitrogens with zero attached hydrogens (tertiary/aromatic N) is 3. The van der Waals surface area contributed by atoms with Crippen LogP contribution in [-0.2, 0) is 22.6 Å². The van der Waals surface area contributed by atoms with Gasteiger partial charge < -0.3 is 14.4 Å². The van der Waals surface area contributed by atoms with Gasteiger partial charge in [-0.3, -0.25) is 4.90 Å². The zero-order valence-electron chi connectivity index (χ0n) is 14.5. The van der Waals surface area contributed by atoms with E-state index >= 15 is 0 Å². The Balaban J connectivity index is 1.24. The van der Waals surface area contributed by atoms with Crippen molar-refractivity contribution in [1.29, 1.82) is 0 Å². The zero-order chi connectivity index (χ0) is 16.9. The van der Waals surface area contributed by atoms with Crippen molar-refractivity contribution in [1.82, 2.24) is 9.88 Å². The van der Waals surface area contributed by atoms with Gasteiger partial charge >= 0.3 is 0 Å². The number of likely N-dealkylation sites (tertiary alicyclic amines) is 1. The lowest BCUT2D eigenvalue weighted by atomic mass is 10.2. The van der Waals surface area contributed by atoms with Crippen molar-refractivity contribution in [2.24, 2.45) is 0 Å². The monoisotopic (exact) mass is 359 g/mol. The summed E-state index contributed by atoms with van der Waals surface area (Å²) in [6, 6.07) is 10.4. The minimum atomic E-state index is 0.340. The summed E-state index contributed by atoms with van der Waals surface area (Å²) in [5, 5.41) is 1.13. The van der Waals surface area contributed by atoms with Crippen LogP contribution in [0.25, 0.3) is 0 Å². The van der Waals surface area contributed by atoms with Crippen LogP contribution in [0.3, 0.4) is 0 Å². The third kappa shape index (κ3) is 4.58. The van der Waals surface area contributed by atoms with Gasteiger partial charge in [0.2, 0.25) is 0 Å². The van der Waals surface area contributed by atoms with Crippen molar-refractivity contribution in [3.05, 3.63) is 47.0 Å². The van der Waals surface area contributed by atoms with Gasteiger partial charge in [0.05, 0.1) is 25.9 Å². The van der Waals surface area contributed by atoms with E-state index in [9.17, 15) is 0 Å². The highest BCUT2D eigenvalue weighted by Crippen LogP contribution is 2.26. The molecule has 2 aromatic rings. The summed E-state index contributed by atoms with van der Waals surface area (Å²) in [4.78, 5) is 10.8. The van der Waals surface area contributed by atoms with E-state index in [-0.39, 0.29) is 0 Å². The minimum absolute atomic E-state index is 0.340. The highest BCUT2D eigenvalue weighted by atomic mass is 32.1. The summed E-state index contributed by atoms with van der Waals surface area (Å²) in [7, 11) is 0. The van der Waals surface area contributed by atoms with Gasteiger partial charge in [0.1, 0.15) is 0 Å². The first kappa shape index (κ1) is 17.0. The average molecular weight is 359 g/mol. The second-order valence-corrected chi connectivity index (χ2v) is 7.74. The largest absolute Gasteiger partial charge is 0.378 e. The predicted octanol–water partition coefficient (Wildman–Crippen LogP) is 2.77. The quantitative estimate of drug-likeness (QED) is 0.793. The van der Waals surface area contributed by atoms with Crippen molar-refractivity contribution in [2.75, 3.05) is 44.3 Å². The van der Waals surface area contributed by atoms with Crippen LogP contribution in [0.15, 0.2) is 36.5 Å². The second-order valence-electron chi connectivity index (χ2n) is 6.65. The summed E-state index contributed by atoms with van der Waals surface area (Å²) in [6.45, 7) is 7.32. The Morgan fingerprint density at radius 1 is 1.16 bits per heavy atom. The van der Waals surface area contributed by atoms with Gasteiger partial charge in [0, 0.05) is 43.8 Å². The Morgan fingerprint density at radius 2 is 2.00 bits per heavy atom. The van der Waals surface area contributed by atoms with E-state index in [0.29, 0.717) is 12.7 Å². The van der Waals surface area contributed by atoms with E-state index in [1.165, 1.54) is 10.4 Å². The first-order valence-corrected chi connectivity index (χ1v) is 9.84. The number of aromatic nitrogens is 1. The Bertz CT molecular complexity index is 658. The van der Waals surface area contributed by atoms with Crippen LogP contribution in [0, 0.1) is 0 Å². The van der Waals surface area contributed by atoms with Crippen LogP contribution in [0.2, 0.25) is 0 Å². The van der Waals surface area contributed by atoms with Gasteiger partial charge in [0.15, 0.2) is 5.13 Å². The van der Waals surface area contributed by atoms with Crippen LogP contribution in [0.1, 0.15) is 16.9 Å². The summed E-state index contributed by atoms with van der Waals surface area (Å²) in [6.07, 6.45) is 3.49. The van der Waals surface area contributed by atoms with Crippen LogP contribution >= 0.6 is 11.3 Å². The molecule has 0 bridgehead atoms. The zero-order valence-corrected chi connectivity index (χ0v) is 15.3. The number of morpholine rings is 1. The molecule has 3 heterocycles. The number of rotatable bonds is 6. The molecule has 0 N–H and O–H groups in total. The number of hydrogen-bond acceptors (Lipinski definition) is 6. The highest BCUT2D eigenvalue weighted by molar-refractivity contribution is 7.15. The maximum atomic E-state index is 6.08. The third-order valence-electron chi connectivity index (χ3n) is 4.76. The Morgan fingerprint density at radius 3 is 2.84 bits per heavy atom. The first-order chi connectivity index (χ1) is 12.4. The van der Waals surface area contributed by atoms with Gasteiger partial charge in [-0.25, -0.2) is 4.98 Å². The molecule has 1 aromatic heterocycles. The molecule has 1 unspecified atom stereocenters. The molecule has 0 spiro atoms. The molecule has 25 heavy (non-hydrogen) atoms. The lowest BCUT2D eigenvalue weighted by Gasteiger charge is -2.26. The second kappa shape index (κ2) is 8.27. The molecule has 0 radical (unpaired) electrons. The topological polar surface area (TPSA) is 37.8 Å². The molecule has 1 aromatic carbocycles. The van der Waals surface area contributed by atoms with Crippen LogP contribution < -0.4 is 4.90 Å². The van der Waals surface area contributed by atoms with E-state index in [1.54, 1.807) is 0 Å². The lowest BCUT2D eigenvalue weighted by Crippen LogP contribution is -2.36. The molecule has 2 aliphatic rings. The van der Waals surface area contributed by atoms with E-state index < -0.39 is 0 Å². The molecule has 0 amide bonds. The molecule has 4 rings (SSSR count). The van der Waals surface area contributed by atoms with Crippen molar-refractivity contribution < 1.29 is 9.47 Å². The van der Waals surface area contributed by atoms with Gasteiger partial charge in [-0.2, -0.15) is 0 Å². The number of thiazole rings is 1. The maximum absolute atomic E-state index is 6.08. The normalized spacial score (nSPS) is 21.8. The minimum Gasteiger partial charge on any atom is -0.378 e. The fourth-order valence-electron chi connectivity index (χ4n) is 3.36. The molecule has 2 saturated heterocycles. The Labute approximate surface area is 153 Å². The van der Waals surface area contributed by atoms with E-state index in [1.807, 2.05) is 23.6 Å². The number of anilines is 1. The number of benzene rings is 1. The molecular formula is C19H25N3O2S. The van der Waals surface area contributed by atoms with E-state index in [0.717, 1.165) is 57.5 Å². The predicted molar refractivity (Wildman–Crippen MR) is 100 cm³/mol. The fraction of sp³-hybridized carbons (Fsp3) is 0.526. The highest BCUT2D eigenvalue weighted by Gasteiger charge is 2.24. The Hall–Kier alpha value is -1.47. The molecule has 2 fully saturated rings. The number of ether oxygens (including phenoxy) is 2. The van der Waals surface area contributed by atoms with Gasteiger partial charge in [-0.05, 0) is 12.0 Å². The number of hydrogen-bond donors (Lipinski definition) is 0. The molecule has 2 aliphatic heterocycles.